The Morgan fingerprint density at radius 1 is 1.35 bits per heavy atom. The number of benzene rings is 1. The monoisotopic (exact) mass is 277 g/mol. The van der Waals surface area contributed by atoms with E-state index in [1.165, 1.54) is 0 Å². The molecular formula is C14H19N3O3. The van der Waals surface area contributed by atoms with E-state index in [0.717, 1.165) is 12.8 Å². The minimum absolute atomic E-state index is 0.156. The molecule has 1 aromatic carbocycles. The molecule has 0 bridgehead atoms. The van der Waals surface area contributed by atoms with Crippen LogP contribution in [0, 0.1) is 0 Å². The van der Waals surface area contributed by atoms with Crippen LogP contribution in [0.2, 0.25) is 0 Å². The van der Waals surface area contributed by atoms with Crippen LogP contribution in [-0.2, 0) is 4.74 Å². The molecule has 2 aromatic rings. The van der Waals surface area contributed by atoms with E-state index in [1.54, 1.807) is 32.4 Å². The smallest absolute Gasteiger partial charge is 0.260 e. The molecule has 2 rings (SSSR count). The normalized spacial score (nSPS) is 12.3. The molecule has 20 heavy (non-hydrogen) atoms. The van der Waals surface area contributed by atoms with Crippen LogP contribution in [0.25, 0.3) is 11.5 Å². The van der Waals surface area contributed by atoms with Gasteiger partial charge in [-0.15, -0.1) is 0 Å². The highest BCUT2D eigenvalue weighted by Crippen LogP contribution is 2.29. The van der Waals surface area contributed by atoms with Gasteiger partial charge >= 0.3 is 0 Å². The molecule has 1 atom stereocenters. The number of aromatic nitrogens is 2. The molecular weight excluding hydrogens is 258 g/mol. The number of nitrogens with zero attached hydrogens (tertiary/aromatic N) is 2. The van der Waals surface area contributed by atoms with Crippen molar-refractivity contribution < 1.29 is 14.0 Å². The number of rotatable bonds is 6. The maximum Gasteiger partial charge on any atom is 0.260 e. The van der Waals surface area contributed by atoms with Crippen molar-refractivity contribution in [2.75, 3.05) is 20.0 Å². The quantitative estimate of drug-likeness (QED) is 0.817. The molecule has 0 amide bonds. The van der Waals surface area contributed by atoms with Crippen LogP contribution >= 0.6 is 0 Å². The highest BCUT2D eigenvalue weighted by molar-refractivity contribution is 5.71. The Hall–Kier alpha value is -2.08. The zero-order valence-electron chi connectivity index (χ0n) is 11.9. The zero-order valence-corrected chi connectivity index (χ0v) is 11.9. The van der Waals surface area contributed by atoms with Gasteiger partial charge in [0.25, 0.3) is 5.89 Å². The fourth-order valence-corrected chi connectivity index (χ4v) is 1.95. The summed E-state index contributed by atoms with van der Waals surface area (Å²) in [6, 6.07) is 5.32. The van der Waals surface area contributed by atoms with Crippen molar-refractivity contribution in [1.29, 1.82) is 0 Å². The van der Waals surface area contributed by atoms with Gasteiger partial charge < -0.3 is 19.7 Å². The molecule has 0 saturated heterocycles. The Morgan fingerprint density at radius 3 is 2.75 bits per heavy atom. The van der Waals surface area contributed by atoms with E-state index < -0.39 is 0 Å². The Labute approximate surface area is 117 Å². The SMILES string of the molecule is CCCC(OC)c1noc(-c2ccc(OC)cc2N)n1. The van der Waals surface area contributed by atoms with Gasteiger partial charge in [-0.05, 0) is 18.6 Å². The summed E-state index contributed by atoms with van der Waals surface area (Å²) in [6.07, 6.45) is 1.66. The predicted molar refractivity (Wildman–Crippen MR) is 75.4 cm³/mol. The van der Waals surface area contributed by atoms with Crippen molar-refractivity contribution in [1.82, 2.24) is 10.1 Å². The van der Waals surface area contributed by atoms with Crippen LogP contribution in [0.5, 0.6) is 5.75 Å². The van der Waals surface area contributed by atoms with Gasteiger partial charge in [0.15, 0.2) is 0 Å². The van der Waals surface area contributed by atoms with E-state index in [0.29, 0.717) is 28.7 Å². The molecule has 0 saturated carbocycles. The number of nitrogen functional groups attached to an aromatic ring is 1. The summed E-state index contributed by atoms with van der Waals surface area (Å²) in [6.45, 7) is 2.08. The summed E-state index contributed by atoms with van der Waals surface area (Å²) in [5, 5.41) is 3.97. The molecule has 0 radical (unpaired) electrons. The fourth-order valence-electron chi connectivity index (χ4n) is 1.95. The average Bonchev–Trinajstić information content (AvgIpc) is 2.93. The third kappa shape index (κ3) is 2.91. The highest BCUT2D eigenvalue weighted by Gasteiger charge is 2.19. The molecule has 0 aliphatic carbocycles. The number of nitrogens with two attached hydrogens (primary N) is 1. The average molecular weight is 277 g/mol. The van der Waals surface area contributed by atoms with Gasteiger partial charge in [-0.25, -0.2) is 0 Å². The predicted octanol–water partition coefficient (Wildman–Crippen LogP) is 2.82. The molecule has 0 aliphatic rings. The van der Waals surface area contributed by atoms with Gasteiger partial charge in [0.05, 0.1) is 12.7 Å². The zero-order chi connectivity index (χ0) is 14.5. The standard InChI is InChI=1S/C14H19N3O3/c1-4-5-12(19-3)13-16-14(20-17-13)10-7-6-9(18-2)8-11(10)15/h6-8,12H,4-5,15H2,1-3H3. The van der Waals surface area contributed by atoms with Gasteiger partial charge in [-0.3, -0.25) is 0 Å². The molecule has 6 nitrogen and oxygen atoms in total. The van der Waals surface area contributed by atoms with Crippen LogP contribution in [0.1, 0.15) is 31.7 Å². The molecule has 1 aromatic heterocycles. The first-order valence-corrected chi connectivity index (χ1v) is 6.49. The first kappa shape index (κ1) is 14.3. The van der Waals surface area contributed by atoms with E-state index in [2.05, 4.69) is 17.1 Å². The van der Waals surface area contributed by atoms with E-state index >= 15 is 0 Å². The van der Waals surface area contributed by atoms with Crippen molar-refractivity contribution in [3.05, 3.63) is 24.0 Å². The van der Waals surface area contributed by atoms with Crippen molar-refractivity contribution in [3.63, 3.8) is 0 Å². The lowest BCUT2D eigenvalue weighted by Gasteiger charge is -2.08. The number of hydrogen-bond donors (Lipinski definition) is 1. The molecule has 0 fully saturated rings. The number of anilines is 1. The summed E-state index contributed by atoms with van der Waals surface area (Å²) in [7, 11) is 3.23. The molecule has 6 heteroatoms. The molecule has 1 heterocycles. The van der Waals surface area contributed by atoms with Crippen LogP contribution in [0.3, 0.4) is 0 Å². The molecule has 108 valence electrons. The summed E-state index contributed by atoms with van der Waals surface area (Å²) < 4.78 is 15.7. The van der Waals surface area contributed by atoms with Crippen molar-refractivity contribution in [3.8, 4) is 17.2 Å². The second-order valence-corrected chi connectivity index (χ2v) is 4.42. The topological polar surface area (TPSA) is 83.4 Å². The lowest BCUT2D eigenvalue weighted by Crippen LogP contribution is -2.03. The van der Waals surface area contributed by atoms with Crippen LogP contribution < -0.4 is 10.5 Å². The highest BCUT2D eigenvalue weighted by atomic mass is 16.5. The summed E-state index contributed by atoms with van der Waals surface area (Å²) >= 11 is 0. The molecule has 0 spiro atoms. The lowest BCUT2D eigenvalue weighted by atomic mass is 10.1. The van der Waals surface area contributed by atoms with Gasteiger partial charge in [0.1, 0.15) is 11.9 Å². The number of methoxy groups -OCH3 is 2. The lowest BCUT2D eigenvalue weighted by molar-refractivity contribution is 0.0854. The van der Waals surface area contributed by atoms with Gasteiger partial charge in [0, 0.05) is 18.9 Å². The van der Waals surface area contributed by atoms with Crippen molar-refractivity contribution in [2.45, 2.75) is 25.9 Å². The summed E-state index contributed by atoms with van der Waals surface area (Å²) in [4.78, 5) is 4.36. The van der Waals surface area contributed by atoms with Gasteiger partial charge in [0.2, 0.25) is 5.82 Å². The molecule has 0 aliphatic heterocycles. The summed E-state index contributed by atoms with van der Waals surface area (Å²) in [5.41, 5.74) is 7.19. The number of ether oxygens (including phenoxy) is 2. The van der Waals surface area contributed by atoms with Crippen LogP contribution in [0.4, 0.5) is 5.69 Å². The van der Waals surface area contributed by atoms with Crippen LogP contribution in [-0.4, -0.2) is 24.4 Å². The Kier molecular flexibility index (Phi) is 4.57. The largest absolute Gasteiger partial charge is 0.497 e. The maximum absolute atomic E-state index is 5.97. The van der Waals surface area contributed by atoms with Gasteiger partial charge in [-0.1, -0.05) is 18.5 Å². The molecule has 1 unspecified atom stereocenters. The Balaban J connectivity index is 2.28. The number of hydrogen-bond acceptors (Lipinski definition) is 6. The van der Waals surface area contributed by atoms with Crippen LogP contribution in [0.15, 0.2) is 22.7 Å². The minimum Gasteiger partial charge on any atom is -0.497 e. The van der Waals surface area contributed by atoms with Gasteiger partial charge in [-0.2, -0.15) is 4.98 Å². The van der Waals surface area contributed by atoms with E-state index in [4.69, 9.17) is 19.7 Å². The second-order valence-electron chi connectivity index (χ2n) is 4.42. The Bertz CT molecular complexity index is 569. The van der Waals surface area contributed by atoms with E-state index in [9.17, 15) is 0 Å². The maximum atomic E-state index is 5.97. The van der Waals surface area contributed by atoms with E-state index in [-0.39, 0.29) is 6.10 Å². The second kappa shape index (κ2) is 6.38. The Morgan fingerprint density at radius 2 is 2.15 bits per heavy atom. The fraction of sp³-hybridized carbons (Fsp3) is 0.429. The van der Waals surface area contributed by atoms with E-state index in [1.807, 2.05) is 0 Å². The minimum atomic E-state index is -0.156. The first-order chi connectivity index (χ1) is 9.69. The van der Waals surface area contributed by atoms with Crippen molar-refractivity contribution in [2.24, 2.45) is 0 Å². The third-order valence-corrected chi connectivity index (χ3v) is 3.05. The third-order valence-electron chi connectivity index (χ3n) is 3.05. The van der Waals surface area contributed by atoms with Crippen molar-refractivity contribution >= 4 is 5.69 Å². The summed E-state index contributed by atoms with van der Waals surface area (Å²) in [5.74, 6) is 1.62. The molecule has 2 N–H and O–H groups in total. The first-order valence-electron chi connectivity index (χ1n) is 6.49.